The lowest BCUT2D eigenvalue weighted by molar-refractivity contribution is -0.120. The fraction of sp³-hybridized carbons (Fsp3) is 0.222. The third-order valence-corrected chi connectivity index (χ3v) is 4.69. The third kappa shape index (κ3) is 3.46. The minimum Gasteiger partial charge on any atom is -0.486 e. The van der Waals surface area contributed by atoms with Crippen molar-refractivity contribution in [1.29, 1.82) is 0 Å². The summed E-state index contributed by atoms with van der Waals surface area (Å²) < 4.78 is 11.9. The molecule has 6 nitrogen and oxygen atoms in total. The van der Waals surface area contributed by atoms with Crippen LogP contribution in [0.1, 0.15) is 11.4 Å². The van der Waals surface area contributed by atoms with E-state index in [-0.39, 0.29) is 12.3 Å². The molecule has 0 bridgehead atoms. The summed E-state index contributed by atoms with van der Waals surface area (Å²) in [5, 5.41) is 2.89. The normalized spacial score (nSPS) is 13.0. The number of carbonyl (C=O) groups excluding carboxylic acids is 1. The highest BCUT2D eigenvalue weighted by Gasteiger charge is 2.16. The number of halogens is 1. The molecule has 1 amide bonds. The Balaban J connectivity index is 1.42. The lowest BCUT2D eigenvalue weighted by atomic mass is 10.1. The maximum absolute atomic E-state index is 12.3. The number of nitrogens with one attached hydrogen (secondary N) is 2. The predicted molar refractivity (Wildman–Crippen MR) is 96.8 cm³/mol. The van der Waals surface area contributed by atoms with Gasteiger partial charge < -0.3 is 19.8 Å². The van der Waals surface area contributed by atoms with Crippen molar-refractivity contribution in [3.05, 3.63) is 52.3 Å². The third-order valence-electron chi connectivity index (χ3n) is 3.95. The van der Waals surface area contributed by atoms with E-state index in [0.717, 1.165) is 26.9 Å². The van der Waals surface area contributed by atoms with E-state index in [1.807, 2.05) is 36.4 Å². The van der Waals surface area contributed by atoms with Gasteiger partial charge in [-0.1, -0.05) is 28.1 Å². The second-order valence-corrected chi connectivity index (χ2v) is 6.60. The average Bonchev–Trinajstić information content (AvgIpc) is 3.03. The molecule has 1 aliphatic rings. The largest absolute Gasteiger partial charge is 0.486 e. The van der Waals surface area contributed by atoms with Crippen LogP contribution in [-0.2, 0) is 17.8 Å². The number of fused-ring (bicyclic) bond motifs is 2. The number of amides is 1. The number of carbonyl (C=O) groups is 1. The smallest absolute Gasteiger partial charge is 0.224 e. The van der Waals surface area contributed by atoms with Gasteiger partial charge in [-0.05, 0) is 29.8 Å². The van der Waals surface area contributed by atoms with Crippen molar-refractivity contribution in [2.24, 2.45) is 0 Å². The van der Waals surface area contributed by atoms with Gasteiger partial charge >= 0.3 is 0 Å². The van der Waals surface area contributed by atoms with Gasteiger partial charge in [0, 0.05) is 4.47 Å². The van der Waals surface area contributed by atoms with Crippen LogP contribution in [0.25, 0.3) is 11.0 Å². The Morgan fingerprint density at radius 3 is 2.76 bits per heavy atom. The summed E-state index contributed by atoms with van der Waals surface area (Å²) in [6.45, 7) is 1.42. The summed E-state index contributed by atoms with van der Waals surface area (Å²) in [5.74, 6) is 2.02. The highest BCUT2D eigenvalue weighted by atomic mass is 79.9. The Kier molecular flexibility index (Phi) is 4.31. The van der Waals surface area contributed by atoms with Crippen LogP contribution in [-0.4, -0.2) is 29.1 Å². The van der Waals surface area contributed by atoms with Crippen LogP contribution >= 0.6 is 15.9 Å². The van der Waals surface area contributed by atoms with E-state index in [9.17, 15) is 4.79 Å². The van der Waals surface area contributed by atoms with Gasteiger partial charge in [-0.15, -0.1) is 0 Å². The molecule has 0 unspecified atom stereocenters. The topological polar surface area (TPSA) is 76.2 Å². The molecule has 1 aromatic heterocycles. The first-order valence-corrected chi connectivity index (χ1v) is 8.77. The molecule has 0 radical (unpaired) electrons. The molecule has 3 aromatic rings. The molecule has 0 atom stereocenters. The van der Waals surface area contributed by atoms with Crippen LogP contribution < -0.4 is 14.8 Å². The van der Waals surface area contributed by atoms with E-state index >= 15 is 0 Å². The number of benzene rings is 2. The van der Waals surface area contributed by atoms with Crippen LogP contribution in [0.2, 0.25) is 0 Å². The Bertz CT molecular complexity index is 905. The highest BCUT2D eigenvalue weighted by molar-refractivity contribution is 9.10. The number of para-hydroxylation sites is 2. The van der Waals surface area contributed by atoms with Gasteiger partial charge in [0.05, 0.1) is 24.0 Å². The summed E-state index contributed by atoms with van der Waals surface area (Å²) in [6.07, 6.45) is 0.247. The van der Waals surface area contributed by atoms with Crippen molar-refractivity contribution in [2.75, 3.05) is 13.2 Å². The molecule has 0 saturated carbocycles. The number of H-pyrrole nitrogens is 1. The quantitative estimate of drug-likeness (QED) is 0.704. The number of ether oxygens (including phenoxy) is 2. The summed E-state index contributed by atoms with van der Waals surface area (Å²) in [4.78, 5) is 19.9. The molecule has 0 fully saturated rings. The van der Waals surface area contributed by atoms with Gasteiger partial charge in [-0.25, -0.2) is 4.98 Å². The van der Waals surface area contributed by atoms with Crippen molar-refractivity contribution in [3.63, 3.8) is 0 Å². The lowest BCUT2D eigenvalue weighted by Crippen LogP contribution is -2.25. The van der Waals surface area contributed by atoms with Crippen LogP contribution in [0, 0.1) is 0 Å². The average molecular weight is 402 g/mol. The zero-order valence-electron chi connectivity index (χ0n) is 13.3. The van der Waals surface area contributed by atoms with Gasteiger partial charge in [0.2, 0.25) is 5.91 Å². The summed E-state index contributed by atoms with van der Waals surface area (Å²) in [7, 11) is 0. The number of imidazole rings is 1. The van der Waals surface area contributed by atoms with Crippen molar-refractivity contribution in [1.82, 2.24) is 15.3 Å². The Hall–Kier alpha value is -2.54. The Morgan fingerprint density at radius 1 is 1.20 bits per heavy atom. The van der Waals surface area contributed by atoms with Gasteiger partial charge in [-0.3, -0.25) is 4.79 Å². The number of hydrogen-bond donors (Lipinski definition) is 2. The van der Waals surface area contributed by atoms with Gasteiger partial charge in [-0.2, -0.15) is 0 Å². The maximum Gasteiger partial charge on any atom is 0.224 e. The number of nitrogens with zero attached hydrogens (tertiary/aromatic N) is 1. The van der Waals surface area contributed by atoms with Crippen molar-refractivity contribution in [2.45, 2.75) is 13.0 Å². The summed E-state index contributed by atoms with van der Waals surface area (Å²) in [5.41, 5.74) is 2.70. The number of rotatable bonds is 4. The highest BCUT2D eigenvalue weighted by Crippen LogP contribution is 2.35. The number of aromatic amines is 1. The van der Waals surface area contributed by atoms with Crippen LogP contribution in [0.15, 0.2) is 40.9 Å². The minimum absolute atomic E-state index is 0.0853. The fourth-order valence-electron chi connectivity index (χ4n) is 2.75. The molecule has 2 aromatic carbocycles. The molecule has 4 rings (SSSR count). The second-order valence-electron chi connectivity index (χ2n) is 5.74. The molecule has 2 heterocycles. The van der Waals surface area contributed by atoms with Gasteiger partial charge in [0.15, 0.2) is 11.5 Å². The Labute approximate surface area is 152 Å². The number of aromatic nitrogens is 2. The first-order chi connectivity index (χ1) is 12.2. The zero-order valence-corrected chi connectivity index (χ0v) is 14.9. The van der Waals surface area contributed by atoms with Gasteiger partial charge in [0.1, 0.15) is 19.0 Å². The van der Waals surface area contributed by atoms with E-state index < -0.39 is 0 Å². The SMILES string of the molecule is O=C(Cc1cc2c(cc1Br)OCCO2)NCc1nc2ccccc2[nH]1. The van der Waals surface area contributed by atoms with Crippen molar-refractivity contribution < 1.29 is 14.3 Å². The van der Waals surface area contributed by atoms with Gasteiger partial charge in [0.25, 0.3) is 0 Å². The molecule has 0 spiro atoms. The minimum atomic E-state index is -0.0853. The first kappa shape index (κ1) is 16.0. The first-order valence-electron chi connectivity index (χ1n) is 7.97. The zero-order chi connectivity index (χ0) is 17.2. The standard InChI is InChI=1S/C18H16BrN3O3/c19-12-9-16-15(24-5-6-25-16)7-11(12)8-18(23)20-10-17-21-13-3-1-2-4-14(13)22-17/h1-4,7,9H,5-6,8,10H2,(H,20,23)(H,21,22). The fourth-order valence-corrected chi connectivity index (χ4v) is 3.21. The van der Waals surface area contributed by atoms with E-state index in [1.54, 1.807) is 0 Å². The van der Waals surface area contributed by atoms with Crippen LogP contribution in [0.3, 0.4) is 0 Å². The molecule has 128 valence electrons. The molecule has 2 N–H and O–H groups in total. The Morgan fingerprint density at radius 2 is 1.96 bits per heavy atom. The lowest BCUT2D eigenvalue weighted by Gasteiger charge is -2.19. The second kappa shape index (κ2) is 6.76. The monoisotopic (exact) mass is 401 g/mol. The number of hydrogen-bond acceptors (Lipinski definition) is 4. The molecular formula is C18H16BrN3O3. The molecule has 7 heteroatoms. The van der Waals surface area contributed by atoms with E-state index in [0.29, 0.717) is 31.3 Å². The van der Waals surface area contributed by atoms with Crippen molar-refractivity contribution in [3.8, 4) is 11.5 Å². The molecular weight excluding hydrogens is 386 g/mol. The van der Waals surface area contributed by atoms with E-state index in [4.69, 9.17) is 9.47 Å². The molecule has 1 aliphatic heterocycles. The van der Waals surface area contributed by atoms with E-state index in [1.165, 1.54) is 0 Å². The predicted octanol–water partition coefficient (Wildman–Crippen LogP) is 2.96. The van der Waals surface area contributed by atoms with Crippen LogP contribution in [0.5, 0.6) is 11.5 Å². The molecule has 0 saturated heterocycles. The molecule has 25 heavy (non-hydrogen) atoms. The molecule has 0 aliphatic carbocycles. The summed E-state index contributed by atoms with van der Waals surface area (Å²) in [6, 6.07) is 11.5. The van der Waals surface area contributed by atoms with E-state index in [2.05, 4.69) is 31.2 Å². The van der Waals surface area contributed by atoms with Crippen LogP contribution in [0.4, 0.5) is 0 Å². The summed E-state index contributed by atoms with van der Waals surface area (Å²) >= 11 is 3.49. The maximum atomic E-state index is 12.3. The van der Waals surface area contributed by atoms with Crippen molar-refractivity contribution >= 4 is 32.9 Å².